The molecule has 72 valence electrons. The van der Waals surface area contributed by atoms with Gasteiger partial charge in [0.15, 0.2) is 0 Å². The van der Waals surface area contributed by atoms with Crippen molar-refractivity contribution in [3.8, 4) is 11.8 Å². The highest BCUT2D eigenvalue weighted by Gasteiger charge is 2.03. The van der Waals surface area contributed by atoms with E-state index in [0.29, 0.717) is 17.3 Å². The standard InChI is InChI=1S/C9H9N3O2/c1-6-11-9(12-14-6)13-8-4-2-7(10)3-5-8/h2-5H,10H2,1H3. The zero-order valence-corrected chi connectivity index (χ0v) is 7.60. The molecule has 1 aromatic heterocycles. The quantitative estimate of drug-likeness (QED) is 0.732. The summed E-state index contributed by atoms with van der Waals surface area (Å²) in [5, 5.41) is 3.59. The number of nitrogens with zero attached hydrogens (tertiary/aromatic N) is 2. The first-order valence-electron chi connectivity index (χ1n) is 4.08. The normalized spacial score (nSPS) is 10.1. The third kappa shape index (κ3) is 1.82. The van der Waals surface area contributed by atoms with Gasteiger partial charge in [-0.1, -0.05) is 0 Å². The second-order valence-corrected chi connectivity index (χ2v) is 2.77. The lowest BCUT2D eigenvalue weighted by atomic mass is 10.3. The number of ether oxygens (including phenoxy) is 1. The fraction of sp³-hybridized carbons (Fsp3) is 0.111. The number of anilines is 1. The molecule has 1 heterocycles. The molecule has 0 amide bonds. The van der Waals surface area contributed by atoms with Gasteiger partial charge < -0.3 is 15.0 Å². The average molecular weight is 191 g/mol. The lowest BCUT2D eigenvalue weighted by Gasteiger charge is -1.99. The molecule has 0 aliphatic rings. The molecule has 0 radical (unpaired) electrons. The molecule has 0 fully saturated rings. The van der Waals surface area contributed by atoms with Gasteiger partial charge in [0.1, 0.15) is 5.75 Å². The number of nitrogen functional groups attached to an aromatic ring is 1. The molecule has 0 atom stereocenters. The molecule has 1 aromatic carbocycles. The molecule has 0 bridgehead atoms. The first-order chi connectivity index (χ1) is 6.74. The Hall–Kier alpha value is -2.04. The Morgan fingerprint density at radius 2 is 2.00 bits per heavy atom. The van der Waals surface area contributed by atoms with Crippen LogP contribution in [0.15, 0.2) is 28.8 Å². The summed E-state index contributed by atoms with van der Waals surface area (Å²) in [5.74, 6) is 1.09. The number of benzene rings is 1. The molecule has 0 unspecified atom stereocenters. The maximum atomic E-state index is 5.52. The Morgan fingerprint density at radius 1 is 1.29 bits per heavy atom. The van der Waals surface area contributed by atoms with E-state index in [2.05, 4.69) is 10.1 Å². The van der Waals surface area contributed by atoms with Crippen molar-refractivity contribution in [2.24, 2.45) is 0 Å². The van der Waals surface area contributed by atoms with Crippen LogP contribution in [0.1, 0.15) is 5.89 Å². The van der Waals surface area contributed by atoms with Crippen LogP contribution in [0, 0.1) is 6.92 Å². The molecule has 2 rings (SSSR count). The van der Waals surface area contributed by atoms with Crippen LogP contribution >= 0.6 is 0 Å². The molecular formula is C9H9N3O2. The van der Waals surface area contributed by atoms with Crippen LogP contribution in [0.4, 0.5) is 5.69 Å². The molecule has 0 saturated carbocycles. The van der Waals surface area contributed by atoms with Crippen LogP contribution in [-0.4, -0.2) is 10.1 Å². The first-order valence-corrected chi connectivity index (χ1v) is 4.08. The largest absolute Gasteiger partial charge is 0.422 e. The van der Waals surface area contributed by atoms with E-state index in [1.807, 2.05) is 0 Å². The molecule has 0 spiro atoms. The second-order valence-electron chi connectivity index (χ2n) is 2.77. The zero-order valence-electron chi connectivity index (χ0n) is 7.60. The predicted octanol–water partition coefficient (Wildman–Crippen LogP) is 1.75. The minimum absolute atomic E-state index is 0.201. The SMILES string of the molecule is Cc1nc(Oc2ccc(N)cc2)no1. The van der Waals surface area contributed by atoms with Crippen molar-refractivity contribution >= 4 is 5.69 Å². The molecule has 0 aliphatic carbocycles. The smallest absolute Gasteiger partial charge is 0.359 e. The van der Waals surface area contributed by atoms with E-state index in [1.54, 1.807) is 31.2 Å². The second kappa shape index (κ2) is 3.37. The summed E-state index contributed by atoms with van der Waals surface area (Å²) in [6, 6.07) is 7.15. The Kier molecular flexibility index (Phi) is 2.06. The van der Waals surface area contributed by atoms with Gasteiger partial charge in [-0.2, -0.15) is 4.98 Å². The lowest BCUT2D eigenvalue weighted by Crippen LogP contribution is -1.87. The Bertz CT molecular complexity index is 422. The number of nitrogens with two attached hydrogens (primary N) is 1. The summed E-state index contributed by atoms with van der Waals surface area (Å²) in [7, 11) is 0. The van der Waals surface area contributed by atoms with Crippen LogP contribution < -0.4 is 10.5 Å². The van der Waals surface area contributed by atoms with Gasteiger partial charge in [-0.25, -0.2) is 0 Å². The van der Waals surface area contributed by atoms with Crippen LogP contribution in [0.25, 0.3) is 0 Å². The molecular weight excluding hydrogens is 182 g/mol. The summed E-state index contributed by atoms with van der Waals surface area (Å²) < 4.78 is 10.0. The number of rotatable bonds is 2. The number of hydrogen-bond acceptors (Lipinski definition) is 5. The van der Waals surface area contributed by atoms with E-state index in [0.717, 1.165) is 0 Å². The van der Waals surface area contributed by atoms with Crippen LogP contribution in [0.2, 0.25) is 0 Å². The van der Waals surface area contributed by atoms with Gasteiger partial charge in [0.25, 0.3) is 0 Å². The van der Waals surface area contributed by atoms with E-state index in [9.17, 15) is 0 Å². The molecule has 0 saturated heterocycles. The van der Waals surface area contributed by atoms with Crippen molar-refractivity contribution in [3.63, 3.8) is 0 Å². The summed E-state index contributed by atoms with van der Waals surface area (Å²) in [6.45, 7) is 1.70. The maximum Gasteiger partial charge on any atom is 0.359 e. The third-order valence-corrected chi connectivity index (χ3v) is 1.60. The molecule has 2 N–H and O–H groups in total. The van der Waals surface area contributed by atoms with Crippen molar-refractivity contribution in [1.29, 1.82) is 0 Å². The van der Waals surface area contributed by atoms with E-state index in [4.69, 9.17) is 15.0 Å². The molecule has 5 nitrogen and oxygen atoms in total. The Morgan fingerprint density at radius 3 is 2.57 bits per heavy atom. The van der Waals surface area contributed by atoms with Gasteiger partial charge >= 0.3 is 6.01 Å². The van der Waals surface area contributed by atoms with Gasteiger partial charge in [-0.3, -0.25) is 0 Å². The van der Waals surface area contributed by atoms with Crippen molar-refractivity contribution < 1.29 is 9.26 Å². The molecule has 2 aromatic rings. The van der Waals surface area contributed by atoms with Gasteiger partial charge in [-0.05, 0) is 29.4 Å². The number of aromatic nitrogens is 2. The summed E-state index contributed by atoms with van der Waals surface area (Å²) >= 11 is 0. The first kappa shape index (κ1) is 8.55. The summed E-state index contributed by atoms with van der Waals surface area (Å²) in [6.07, 6.45) is 0. The minimum atomic E-state index is 0.201. The van der Waals surface area contributed by atoms with Crippen LogP contribution in [0.3, 0.4) is 0 Å². The topological polar surface area (TPSA) is 74.2 Å². The number of hydrogen-bond donors (Lipinski definition) is 1. The van der Waals surface area contributed by atoms with Gasteiger partial charge in [0.05, 0.1) is 0 Å². The third-order valence-electron chi connectivity index (χ3n) is 1.60. The maximum absolute atomic E-state index is 5.52. The highest BCUT2D eigenvalue weighted by Crippen LogP contribution is 2.19. The van der Waals surface area contributed by atoms with E-state index in [-0.39, 0.29) is 6.01 Å². The fourth-order valence-corrected chi connectivity index (χ4v) is 0.963. The molecule has 14 heavy (non-hydrogen) atoms. The highest BCUT2D eigenvalue weighted by molar-refractivity contribution is 5.42. The van der Waals surface area contributed by atoms with Gasteiger partial charge in [-0.15, -0.1) is 0 Å². The number of aryl methyl sites for hydroxylation is 1. The van der Waals surface area contributed by atoms with Gasteiger partial charge in [0.2, 0.25) is 5.89 Å². The van der Waals surface area contributed by atoms with Gasteiger partial charge in [0, 0.05) is 12.6 Å². The van der Waals surface area contributed by atoms with Crippen LogP contribution in [-0.2, 0) is 0 Å². The van der Waals surface area contributed by atoms with E-state index >= 15 is 0 Å². The van der Waals surface area contributed by atoms with Crippen molar-refractivity contribution in [3.05, 3.63) is 30.2 Å². The summed E-state index contributed by atoms with van der Waals surface area (Å²) in [5.41, 5.74) is 6.20. The zero-order chi connectivity index (χ0) is 9.97. The highest BCUT2D eigenvalue weighted by atomic mass is 16.6. The fourth-order valence-electron chi connectivity index (χ4n) is 0.963. The average Bonchev–Trinajstić information content (AvgIpc) is 2.56. The Balaban J connectivity index is 2.15. The molecule has 0 aliphatic heterocycles. The Labute approximate surface area is 80.5 Å². The monoisotopic (exact) mass is 191 g/mol. The lowest BCUT2D eigenvalue weighted by molar-refractivity contribution is 0.355. The van der Waals surface area contributed by atoms with Crippen molar-refractivity contribution in [1.82, 2.24) is 10.1 Å². The van der Waals surface area contributed by atoms with E-state index in [1.165, 1.54) is 0 Å². The predicted molar refractivity (Wildman–Crippen MR) is 50.0 cm³/mol. The van der Waals surface area contributed by atoms with Crippen LogP contribution in [0.5, 0.6) is 11.8 Å². The van der Waals surface area contributed by atoms with Crippen molar-refractivity contribution in [2.45, 2.75) is 6.92 Å². The minimum Gasteiger partial charge on any atom is -0.422 e. The molecule has 5 heteroatoms. The van der Waals surface area contributed by atoms with E-state index < -0.39 is 0 Å². The summed E-state index contributed by atoms with van der Waals surface area (Å²) in [4.78, 5) is 3.90. The van der Waals surface area contributed by atoms with Crippen molar-refractivity contribution in [2.75, 3.05) is 5.73 Å².